The van der Waals surface area contributed by atoms with Crippen LogP contribution in [-0.4, -0.2) is 25.2 Å². The lowest BCUT2D eigenvalue weighted by atomic mass is 10.1. The zero-order valence-electron chi connectivity index (χ0n) is 9.66. The first-order valence-corrected chi connectivity index (χ1v) is 5.60. The van der Waals surface area contributed by atoms with Crippen molar-refractivity contribution in [1.29, 1.82) is 0 Å². The zero-order chi connectivity index (χ0) is 12.0. The first-order chi connectivity index (χ1) is 7.61. The van der Waals surface area contributed by atoms with Crippen molar-refractivity contribution in [3.05, 3.63) is 12.2 Å². The van der Waals surface area contributed by atoms with Gasteiger partial charge in [0.05, 0.1) is 5.92 Å². The lowest BCUT2D eigenvalue weighted by Crippen LogP contribution is -2.18. The predicted molar refractivity (Wildman–Crippen MR) is 58.7 cm³/mol. The Morgan fingerprint density at radius 3 is 2.31 bits per heavy atom. The van der Waals surface area contributed by atoms with Crippen molar-refractivity contribution in [2.75, 3.05) is 13.2 Å². The maximum absolute atomic E-state index is 11.4. The van der Waals surface area contributed by atoms with E-state index in [2.05, 4.69) is 6.58 Å². The topological polar surface area (TPSA) is 52.6 Å². The molecular formula is C12H18O4. The minimum atomic E-state index is -0.447. The number of hydrogen-bond donors (Lipinski definition) is 0. The third-order valence-corrected chi connectivity index (χ3v) is 2.60. The van der Waals surface area contributed by atoms with E-state index in [1.165, 1.54) is 0 Å². The van der Waals surface area contributed by atoms with Gasteiger partial charge in [-0.25, -0.2) is 4.79 Å². The molecule has 0 radical (unpaired) electrons. The normalized spacial score (nSPS) is 15.8. The number of esters is 2. The van der Waals surface area contributed by atoms with Gasteiger partial charge in [-0.3, -0.25) is 4.79 Å². The van der Waals surface area contributed by atoms with Crippen molar-refractivity contribution < 1.29 is 19.1 Å². The van der Waals surface area contributed by atoms with Crippen LogP contribution in [0.2, 0.25) is 0 Å². The molecular weight excluding hydrogens is 208 g/mol. The Labute approximate surface area is 95.6 Å². The Bertz CT molecular complexity index is 277. The number of carbonyl (C=O) groups excluding carboxylic acids is 2. The molecule has 1 rings (SSSR count). The zero-order valence-corrected chi connectivity index (χ0v) is 9.66. The predicted octanol–water partition coefficient (Wildman–Crippen LogP) is 1.84. The number of ether oxygens (including phenoxy) is 2. The summed E-state index contributed by atoms with van der Waals surface area (Å²) in [7, 11) is 0. The van der Waals surface area contributed by atoms with Crippen LogP contribution in [-0.2, 0) is 19.1 Å². The van der Waals surface area contributed by atoms with E-state index in [4.69, 9.17) is 9.47 Å². The van der Waals surface area contributed by atoms with E-state index >= 15 is 0 Å². The monoisotopic (exact) mass is 226 g/mol. The first-order valence-electron chi connectivity index (χ1n) is 5.60. The van der Waals surface area contributed by atoms with Crippen LogP contribution in [0.4, 0.5) is 0 Å². The number of carbonyl (C=O) groups is 2. The fourth-order valence-electron chi connectivity index (χ4n) is 1.68. The fourth-order valence-corrected chi connectivity index (χ4v) is 1.68. The van der Waals surface area contributed by atoms with Gasteiger partial charge in [-0.1, -0.05) is 19.4 Å². The fraction of sp³-hybridized carbons (Fsp3) is 0.667. The molecule has 0 spiro atoms. The largest absolute Gasteiger partial charge is 0.462 e. The van der Waals surface area contributed by atoms with E-state index in [1.54, 1.807) is 6.92 Å². The van der Waals surface area contributed by atoms with Gasteiger partial charge < -0.3 is 9.47 Å². The summed E-state index contributed by atoms with van der Waals surface area (Å²) < 4.78 is 9.81. The van der Waals surface area contributed by atoms with Crippen LogP contribution in [0.15, 0.2) is 12.2 Å². The van der Waals surface area contributed by atoms with Crippen molar-refractivity contribution in [1.82, 2.24) is 0 Å². The van der Waals surface area contributed by atoms with Crippen molar-refractivity contribution in [3.8, 4) is 0 Å². The van der Waals surface area contributed by atoms with Crippen LogP contribution in [0.5, 0.6) is 0 Å². The summed E-state index contributed by atoms with van der Waals surface area (Å²) in [5.41, 5.74) is 0.349. The summed E-state index contributed by atoms with van der Waals surface area (Å²) in [5.74, 6) is -0.558. The highest BCUT2D eigenvalue weighted by atomic mass is 16.6. The quantitative estimate of drug-likeness (QED) is 0.408. The molecule has 0 aromatic rings. The highest BCUT2D eigenvalue weighted by Gasteiger charge is 2.23. The molecule has 0 N–H and O–H groups in total. The molecule has 1 aliphatic rings. The van der Waals surface area contributed by atoms with Gasteiger partial charge in [0.15, 0.2) is 0 Å². The van der Waals surface area contributed by atoms with Gasteiger partial charge in [0.2, 0.25) is 0 Å². The smallest absolute Gasteiger partial charge is 0.333 e. The average Bonchev–Trinajstić information content (AvgIpc) is 2.76. The number of rotatable bonds is 5. The van der Waals surface area contributed by atoms with Gasteiger partial charge >= 0.3 is 11.9 Å². The molecule has 1 saturated carbocycles. The highest BCUT2D eigenvalue weighted by molar-refractivity contribution is 5.86. The molecule has 0 heterocycles. The molecule has 16 heavy (non-hydrogen) atoms. The lowest BCUT2D eigenvalue weighted by Gasteiger charge is -2.09. The Morgan fingerprint density at radius 1 is 1.19 bits per heavy atom. The summed E-state index contributed by atoms with van der Waals surface area (Å²) >= 11 is 0. The van der Waals surface area contributed by atoms with Crippen LogP contribution in [0, 0.1) is 5.92 Å². The molecule has 4 nitrogen and oxygen atoms in total. The van der Waals surface area contributed by atoms with Crippen LogP contribution in [0.3, 0.4) is 0 Å². The van der Waals surface area contributed by atoms with E-state index in [0.29, 0.717) is 5.57 Å². The van der Waals surface area contributed by atoms with Gasteiger partial charge in [-0.05, 0) is 19.8 Å². The molecule has 0 aliphatic heterocycles. The van der Waals surface area contributed by atoms with Crippen LogP contribution >= 0.6 is 0 Å². The second-order valence-electron chi connectivity index (χ2n) is 4.07. The Balaban J connectivity index is 2.08. The Hall–Kier alpha value is -1.32. The minimum absolute atomic E-state index is 0.0526. The maximum atomic E-state index is 11.4. The van der Waals surface area contributed by atoms with Crippen molar-refractivity contribution in [2.24, 2.45) is 5.92 Å². The minimum Gasteiger partial charge on any atom is -0.462 e. The van der Waals surface area contributed by atoms with Gasteiger partial charge in [-0.2, -0.15) is 0 Å². The molecule has 0 aromatic carbocycles. The standard InChI is InChI=1S/C12H18O4/c1-9(2)11(13)15-7-8-16-12(14)10-5-3-4-6-10/h10H,1,3-8H2,2H3. The molecule has 90 valence electrons. The molecule has 0 aromatic heterocycles. The van der Waals surface area contributed by atoms with Gasteiger partial charge in [0.25, 0.3) is 0 Å². The van der Waals surface area contributed by atoms with Crippen LogP contribution < -0.4 is 0 Å². The third-order valence-electron chi connectivity index (χ3n) is 2.60. The van der Waals surface area contributed by atoms with Crippen LogP contribution in [0.1, 0.15) is 32.6 Å². The summed E-state index contributed by atoms with van der Waals surface area (Å²) in [6.07, 6.45) is 4.05. The first kappa shape index (κ1) is 12.7. The Kier molecular flexibility index (Phi) is 5.02. The molecule has 1 aliphatic carbocycles. The second kappa shape index (κ2) is 6.30. The highest BCUT2D eigenvalue weighted by Crippen LogP contribution is 2.25. The van der Waals surface area contributed by atoms with Gasteiger partial charge in [-0.15, -0.1) is 0 Å². The van der Waals surface area contributed by atoms with Gasteiger partial charge in [0.1, 0.15) is 13.2 Å². The van der Waals surface area contributed by atoms with E-state index in [0.717, 1.165) is 25.7 Å². The molecule has 4 heteroatoms. The maximum Gasteiger partial charge on any atom is 0.333 e. The summed E-state index contributed by atoms with van der Waals surface area (Å²) in [4.78, 5) is 22.4. The van der Waals surface area contributed by atoms with E-state index in [-0.39, 0.29) is 25.1 Å². The lowest BCUT2D eigenvalue weighted by molar-refractivity contribution is -0.153. The van der Waals surface area contributed by atoms with E-state index in [1.807, 2.05) is 0 Å². The third kappa shape index (κ3) is 4.04. The SMILES string of the molecule is C=C(C)C(=O)OCCOC(=O)C1CCCC1. The van der Waals surface area contributed by atoms with Gasteiger partial charge in [0, 0.05) is 5.57 Å². The summed E-state index contributed by atoms with van der Waals surface area (Å²) in [6.45, 7) is 5.26. The molecule has 0 unspecified atom stereocenters. The average molecular weight is 226 g/mol. The van der Waals surface area contributed by atoms with Crippen LogP contribution in [0.25, 0.3) is 0 Å². The molecule has 0 atom stereocenters. The van der Waals surface area contributed by atoms with Crippen molar-refractivity contribution >= 4 is 11.9 Å². The molecule has 1 fully saturated rings. The van der Waals surface area contributed by atoms with E-state index in [9.17, 15) is 9.59 Å². The number of hydrogen-bond acceptors (Lipinski definition) is 4. The van der Waals surface area contributed by atoms with Crippen molar-refractivity contribution in [2.45, 2.75) is 32.6 Å². The second-order valence-corrected chi connectivity index (χ2v) is 4.07. The summed E-state index contributed by atoms with van der Waals surface area (Å²) in [6, 6.07) is 0. The van der Waals surface area contributed by atoms with E-state index < -0.39 is 5.97 Å². The Morgan fingerprint density at radius 2 is 1.75 bits per heavy atom. The molecule has 0 bridgehead atoms. The van der Waals surface area contributed by atoms with Crippen molar-refractivity contribution in [3.63, 3.8) is 0 Å². The summed E-state index contributed by atoms with van der Waals surface area (Å²) in [5, 5.41) is 0. The molecule has 0 amide bonds. The molecule has 0 saturated heterocycles.